The summed E-state index contributed by atoms with van der Waals surface area (Å²) in [5.74, 6) is 0. The molecule has 32 heavy (non-hydrogen) atoms. The molecule has 2 heterocycles. The third-order valence-electron chi connectivity index (χ3n) is 6.28. The molecule has 15 heteroatoms. The van der Waals surface area contributed by atoms with Gasteiger partial charge in [-0.05, 0) is 0 Å². The number of rotatable bonds is 6. The van der Waals surface area contributed by atoms with Gasteiger partial charge in [-0.3, -0.25) is 0 Å². The molecule has 0 unspecified atom stereocenters. The van der Waals surface area contributed by atoms with Gasteiger partial charge in [0.05, 0.1) is 30.8 Å². The summed E-state index contributed by atoms with van der Waals surface area (Å²) in [7, 11) is 0. The van der Waals surface area contributed by atoms with Crippen LogP contribution in [-0.4, -0.2) is 141 Å². The number of aliphatic hydroxyl groups is 7. The van der Waals surface area contributed by atoms with Crippen molar-refractivity contribution in [3.05, 3.63) is 0 Å². The van der Waals surface area contributed by atoms with Crippen LogP contribution in [0.3, 0.4) is 0 Å². The highest BCUT2D eigenvalue weighted by Crippen LogP contribution is 2.32. The summed E-state index contributed by atoms with van der Waals surface area (Å²) in [5, 5.41) is 70.6. The zero-order chi connectivity index (χ0) is 23.9. The molecule has 3 aliphatic rings. The summed E-state index contributed by atoms with van der Waals surface area (Å²) in [5.41, 5.74) is 23.4. The predicted octanol–water partition coefficient (Wildman–Crippen LogP) is -7.68. The van der Waals surface area contributed by atoms with Crippen LogP contribution in [0.1, 0.15) is 0 Å². The lowest BCUT2D eigenvalue weighted by Gasteiger charge is -2.48. The molecule has 0 aromatic heterocycles. The van der Waals surface area contributed by atoms with Gasteiger partial charge < -0.3 is 77.6 Å². The molecule has 15 atom stereocenters. The number of hydrogen-bond donors (Lipinski definition) is 11. The van der Waals surface area contributed by atoms with E-state index in [1.165, 1.54) is 0 Å². The van der Waals surface area contributed by atoms with E-state index < -0.39 is 98.4 Å². The van der Waals surface area contributed by atoms with E-state index in [0.29, 0.717) is 0 Å². The van der Waals surface area contributed by atoms with Gasteiger partial charge in [-0.25, -0.2) is 0 Å². The van der Waals surface area contributed by atoms with Crippen molar-refractivity contribution in [1.29, 1.82) is 0 Å². The van der Waals surface area contributed by atoms with Gasteiger partial charge in [-0.1, -0.05) is 0 Å². The number of aliphatic hydroxyl groups excluding tert-OH is 7. The number of hydrogen-bond acceptors (Lipinski definition) is 15. The zero-order valence-corrected chi connectivity index (χ0v) is 17.1. The lowest BCUT2D eigenvalue weighted by atomic mass is 9.82. The highest BCUT2D eigenvalue weighted by Gasteiger charge is 2.54. The summed E-state index contributed by atoms with van der Waals surface area (Å²) in [6.45, 7) is -0.769. The van der Waals surface area contributed by atoms with E-state index in [9.17, 15) is 35.7 Å². The van der Waals surface area contributed by atoms with Gasteiger partial charge in [0.2, 0.25) is 0 Å². The van der Waals surface area contributed by atoms with Crippen LogP contribution in [-0.2, 0) is 18.9 Å². The maximum absolute atomic E-state index is 10.6. The Bertz CT molecular complexity index is 621. The molecule has 2 saturated heterocycles. The third-order valence-corrected chi connectivity index (χ3v) is 6.28. The van der Waals surface area contributed by atoms with Crippen LogP contribution >= 0.6 is 0 Å². The van der Waals surface area contributed by atoms with E-state index >= 15 is 0 Å². The van der Waals surface area contributed by atoms with E-state index in [4.69, 9.17) is 41.9 Å². The standard InChI is InChI=1S/C17H34N4O11/c18-1-3-8(23)11(26)7(21)16(29-3)31-14-6(20)10(25)5(19)12(27)15(14)32-17-13(28)9(24)4(2-22)30-17/h3-17,22-28H,1-2,18-21H2/t3-,4+,5-,6+,7-,8-,9+,10-,11-,12+,13-,14-,15-,16+,17+/m0/s1. The van der Waals surface area contributed by atoms with Gasteiger partial charge in [0.15, 0.2) is 12.6 Å². The van der Waals surface area contributed by atoms with Crippen molar-refractivity contribution >= 4 is 0 Å². The Labute approximate surface area is 183 Å². The second-order valence-electron chi connectivity index (χ2n) is 8.38. The third kappa shape index (κ3) is 4.65. The first-order valence-electron chi connectivity index (χ1n) is 10.3. The first-order valence-corrected chi connectivity index (χ1v) is 10.3. The molecule has 1 saturated carbocycles. The fraction of sp³-hybridized carbons (Fsp3) is 1.00. The van der Waals surface area contributed by atoms with Crippen molar-refractivity contribution in [3.63, 3.8) is 0 Å². The van der Waals surface area contributed by atoms with Crippen LogP contribution in [0.15, 0.2) is 0 Å². The Hall–Kier alpha value is -0.600. The fourth-order valence-electron chi connectivity index (χ4n) is 4.17. The predicted molar refractivity (Wildman–Crippen MR) is 103 cm³/mol. The molecule has 0 aromatic rings. The minimum atomic E-state index is -1.58. The summed E-state index contributed by atoms with van der Waals surface area (Å²) >= 11 is 0. The average molecular weight is 470 g/mol. The van der Waals surface area contributed by atoms with Gasteiger partial charge in [-0.2, -0.15) is 0 Å². The monoisotopic (exact) mass is 470 g/mol. The number of nitrogens with two attached hydrogens (primary N) is 4. The zero-order valence-electron chi connectivity index (χ0n) is 17.1. The summed E-state index contributed by atoms with van der Waals surface area (Å²) < 4.78 is 22.2. The van der Waals surface area contributed by atoms with E-state index in [2.05, 4.69) is 0 Å². The molecule has 0 radical (unpaired) electrons. The summed E-state index contributed by atoms with van der Waals surface area (Å²) in [6.07, 6.45) is -16.7. The molecule has 188 valence electrons. The Morgan fingerprint density at radius 3 is 1.72 bits per heavy atom. The number of ether oxygens (including phenoxy) is 4. The Kier molecular flexibility index (Phi) is 8.41. The molecule has 2 aliphatic heterocycles. The van der Waals surface area contributed by atoms with Crippen molar-refractivity contribution in [3.8, 4) is 0 Å². The van der Waals surface area contributed by atoms with E-state index in [1.54, 1.807) is 0 Å². The lowest BCUT2D eigenvalue weighted by Crippen LogP contribution is -2.72. The SMILES string of the molecule is NC[C@@H]1O[C@H](O[C@H]2[C@H](N)[C@@H](O)[C@H](N)[C@@H](O)[C@@H]2O[C@H]2O[C@H](CO)[C@@H](O)[C@@H]2O)[C@@H](N)[C@H](O)[C@H]1O. The van der Waals surface area contributed by atoms with Crippen LogP contribution in [0.5, 0.6) is 0 Å². The first-order chi connectivity index (χ1) is 15.0. The molecule has 3 rings (SSSR count). The molecule has 0 spiro atoms. The van der Waals surface area contributed by atoms with Crippen LogP contribution < -0.4 is 22.9 Å². The minimum Gasteiger partial charge on any atom is -0.394 e. The second-order valence-corrected chi connectivity index (χ2v) is 8.38. The molecule has 0 aromatic carbocycles. The van der Waals surface area contributed by atoms with Crippen LogP contribution in [0.25, 0.3) is 0 Å². The van der Waals surface area contributed by atoms with Gasteiger partial charge in [0.25, 0.3) is 0 Å². The fourth-order valence-corrected chi connectivity index (χ4v) is 4.17. The summed E-state index contributed by atoms with van der Waals surface area (Å²) in [4.78, 5) is 0. The van der Waals surface area contributed by atoms with Crippen molar-refractivity contribution in [2.24, 2.45) is 22.9 Å². The normalized spacial score (nSPS) is 54.7. The molecule has 15 N–H and O–H groups in total. The van der Waals surface area contributed by atoms with Gasteiger partial charge in [-0.15, -0.1) is 0 Å². The molecule has 1 aliphatic carbocycles. The Balaban J connectivity index is 1.82. The highest BCUT2D eigenvalue weighted by molar-refractivity contribution is 5.06. The maximum atomic E-state index is 10.6. The first kappa shape index (κ1) is 26.0. The molecule has 0 amide bonds. The quantitative estimate of drug-likeness (QED) is 0.172. The second kappa shape index (κ2) is 10.3. The smallest absolute Gasteiger partial charge is 0.187 e. The van der Waals surface area contributed by atoms with Gasteiger partial charge in [0, 0.05) is 6.54 Å². The largest absolute Gasteiger partial charge is 0.394 e. The van der Waals surface area contributed by atoms with E-state index in [0.717, 1.165) is 0 Å². The molecule has 15 nitrogen and oxygen atoms in total. The minimum absolute atomic E-state index is 0.167. The molecular formula is C17H34N4O11. The van der Waals surface area contributed by atoms with Gasteiger partial charge >= 0.3 is 0 Å². The van der Waals surface area contributed by atoms with Crippen molar-refractivity contribution < 1.29 is 54.7 Å². The van der Waals surface area contributed by atoms with Crippen molar-refractivity contribution in [2.75, 3.05) is 13.2 Å². The van der Waals surface area contributed by atoms with Gasteiger partial charge in [0.1, 0.15) is 54.9 Å². The highest BCUT2D eigenvalue weighted by atomic mass is 16.7. The van der Waals surface area contributed by atoms with Crippen molar-refractivity contribution in [2.45, 2.75) is 91.7 Å². The Morgan fingerprint density at radius 2 is 1.16 bits per heavy atom. The van der Waals surface area contributed by atoms with E-state index in [1.807, 2.05) is 0 Å². The van der Waals surface area contributed by atoms with Crippen molar-refractivity contribution in [1.82, 2.24) is 0 Å². The van der Waals surface area contributed by atoms with Crippen LogP contribution in [0.2, 0.25) is 0 Å². The van der Waals surface area contributed by atoms with Crippen LogP contribution in [0.4, 0.5) is 0 Å². The Morgan fingerprint density at radius 1 is 0.594 bits per heavy atom. The lowest BCUT2D eigenvalue weighted by molar-refractivity contribution is -0.311. The molecular weight excluding hydrogens is 436 g/mol. The molecule has 3 fully saturated rings. The summed E-state index contributed by atoms with van der Waals surface area (Å²) in [6, 6.07) is -3.76. The van der Waals surface area contributed by atoms with Crippen LogP contribution in [0, 0.1) is 0 Å². The van der Waals surface area contributed by atoms with E-state index in [-0.39, 0.29) is 6.54 Å². The maximum Gasteiger partial charge on any atom is 0.187 e. The molecule has 0 bridgehead atoms. The average Bonchev–Trinajstić information content (AvgIpc) is 3.06. The topological polar surface area (TPSA) is 283 Å².